The third-order valence-electron chi connectivity index (χ3n) is 7.21. The molecule has 3 aromatic rings. The summed E-state index contributed by atoms with van der Waals surface area (Å²) in [6, 6.07) is 21.7. The summed E-state index contributed by atoms with van der Waals surface area (Å²) in [5, 5.41) is 11.9. The number of carbonyl (C=O) groups is 4. The molecule has 3 aromatic carbocycles. The SMILES string of the molecule is CC(C)(C)OC(=O)CC(/C=N/NC(=O)NCCc1ccc(OCC(=O)NCP=S)cc1)NC(=O)OCC1c2ccccc2-c2ccccc21. The molecule has 14 heteroatoms. The highest BCUT2D eigenvalue weighted by molar-refractivity contribution is 7.96. The van der Waals surface area contributed by atoms with Gasteiger partial charge in [-0.3, -0.25) is 9.59 Å². The van der Waals surface area contributed by atoms with E-state index < -0.39 is 29.7 Å². The molecule has 1 aliphatic rings. The minimum atomic E-state index is -0.918. The molecule has 0 fully saturated rings. The van der Waals surface area contributed by atoms with Gasteiger partial charge in [-0.2, -0.15) is 5.10 Å². The largest absolute Gasteiger partial charge is 0.484 e. The molecular formula is C35H40N5O7PS. The zero-order chi connectivity index (χ0) is 35.2. The van der Waals surface area contributed by atoms with Crippen molar-refractivity contribution in [3.05, 3.63) is 89.5 Å². The van der Waals surface area contributed by atoms with Crippen molar-refractivity contribution in [1.29, 1.82) is 0 Å². The molecule has 0 radical (unpaired) electrons. The van der Waals surface area contributed by atoms with Crippen molar-refractivity contribution in [2.24, 2.45) is 5.10 Å². The summed E-state index contributed by atoms with van der Waals surface area (Å²) in [7, 11) is 0.657. The third kappa shape index (κ3) is 12.0. The molecule has 0 aromatic heterocycles. The first kappa shape index (κ1) is 37.0. The molecule has 4 N–H and O–H groups in total. The molecule has 258 valence electrons. The van der Waals surface area contributed by atoms with Crippen LogP contribution in [0.4, 0.5) is 9.59 Å². The summed E-state index contributed by atoms with van der Waals surface area (Å²) in [6.07, 6.45) is 1.21. The van der Waals surface area contributed by atoms with Crippen molar-refractivity contribution < 1.29 is 33.4 Å². The first-order valence-electron chi connectivity index (χ1n) is 15.7. The first-order valence-corrected chi connectivity index (χ1v) is 17.8. The number of ether oxygens (including phenoxy) is 3. The molecule has 0 aliphatic heterocycles. The molecule has 0 bridgehead atoms. The predicted octanol–water partition coefficient (Wildman–Crippen LogP) is 5.01. The summed E-state index contributed by atoms with van der Waals surface area (Å²) in [4.78, 5) is 49.5. The second kappa shape index (κ2) is 18.0. The Morgan fingerprint density at radius 3 is 2.22 bits per heavy atom. The molecule has 0 saturated carbocycles. The highest BCUT2D eigenvalue weighted by atomic mass is 32.4. The molecule has 1 unspecified atom stereocenters. The number of urea groups is 1. The fourth-order valence-corrected chi connectivity index (χ4v) is 5.55. The second-order valence-corrected chi connectivity index (χ2v) is 13.4. The molecule has 12 nitrogen and oxygen atoms in total. The zero-order valence-electron chi connectivity index (χ0n) is 27.6. The van der Waals surface area contributed by atoms with Crippen LogP contribution in [0.3, 0.4) is 0 Å². The fourth-order valence-electron chi connectivity index (χ4n) is 5.11. The monoisotopic (exact) mass is 705 g/mol. The lowest BCUT2D eigenvalue weighted by atomic mass is 9.98. The summed E-state index contributed by atoms with van der Waals surface area (Å²) in [5.41, 5.74) is 6.93. The van der Waals surface area contributed by atoms with Gasteiger partial charge in [0, 0.05) is 18.7 Å². The first-order chi connectivity index (χ1) is 23.5. The Bertz CT molecular complexity index is 1620. The molecule has 4 amide bonds. The van der Waals surface area contributed by atoms with Crippen molar-refractivity contribution in [2.75, 3.05) is 26.0 Å². The van der Waals surface area contributed by atoms with Gasteiger partial charge >= 0.3 is 18.1 Å². The van der Waals surface area contributed by atoms with Gasteiger partial charge in [-0.1, -0.05) is 72.5 Å². The molecule has 0 heterocycles. The molecule has 0 spiro atoms. The highest BCUT2D eigenvalue weighted by Crippen LogP contribution is 2.44. The van der Waals surface area contributed by atoms with E-state index in [9.17, 15) is 19.2 Å². The van der Waals surface area contributed by atoms with Crippen LogP contribution in [0.25, 0.3) is 11.1 Å². The average Bonchev–Trinajstić information content (AvgIpc) is 3.38. The van der Waals surface area contributed by atoms with Crippen LogP contribution >= 0.6 is 7.36 Å². The third-order valence-corrected chi connectivity index (χ3v) is 7.88. The van der Waals surface area contributed by atoms with Crippen LogP contribution in [0.5, 0.6) is 5.75 Å². The van der Waals surface area contributed by atoms with Crippen molar-refractivity contribution in [3.8, 4) is 16.9 Å². The minimum absolute atomic E-state index is 0.0966. The number of hydrogen-bond acceptors (Lipinski definition) is 9. The number of benzene rings is 3. The molecule has 4 rings (SSSR count). The molecule has 49 heavy (non-hydrogen) atoms. The molecule has 1 atom stereocenters. The summed E-state index contributed by atoms with van der Waals surface area (Å²) >= 11 is 4.77. The summed E-state index contributed by atoms with van der Waals surface area (Å²) in [6.45, 7) is 5.53. The Balaban J connectivity index is 1.26. The maximum absolute atomic E-state index is 12.9. The van der Waals surface area contributed by atoms with Crippen molar-refractivity contribution >= 4 is 49.4 Å². The number of alkyl carbamates (subject to hydrolysis) is 1. The number of esters is 1. The zero-order valence-corrected chi connectivity index (χ0v) is 29.3. The van der Waals surface area contributed by atoms with Gasteiger partial charge in [-0.05, 0) is 74.5 Å². The van der Waals surface area contributed by atoms with Crippen molar-refractivity contribution in [1.82, 2.24) is 21.4 Å². The maximum Gasteiger partial charge on any atom is 0.407 e. The van der Waals surface area contributed by atoms with Crippen molar-refractivity contribution in [2.45, 2.75) is 51.2 Å². The van der Waals surface area contributed by atoms with E-state index in [4.69, 9.17) is 26.0 Å². The van der Waals surface area contributed by atoms with E-state index in [2.05, 4.69) is 38.6 Å². The van der Waals surface area contributed by atoms with Gasteiger partial charge in [-0.25, -0.2) is 15.0 Å². The summed E-state index contributed by atoms with van der Waals surface area (Å²) < 4.78 is 16.5. The Morgan fingerprint density at radius 1 is 0.939 bits per heavy atom. The molecule has 1 aliphatic carbocycles. The predicted molar refractivity (Wildman–Crippen MR) is 190 cm³/mol. The van der Waals surface area contributed by atoms with Crippen LogP contribution in [0, 0.1) is 0 Å². The van der Waals surface area contributed by atoms with E-state index in [1.54, 1.807) is 32.9 Å². The Kier molecular flexibility index (Phi) is 13.6. The van der Waals surface area contributed by atoms with Gasteiger partial charge in [0.25, 0.3) is 5.91 Å². The van der Waals surface area contributed by atoms with Gasteiger partial charge < -0.3 is 30.2 Å². The van der Waals surface area contributed by atoms with E-state index in [-0.39, 0.29) is 31.5 Å². The number of nitrogens with zero attached hydrogens (tertiary/aromatic N) is 1. The quantitative estimate of drug-likeness (QED) is 0.0744. The number of carbonyl (C=O) groups excluding carboxylic acids is 4. The van der Waals surface area contributed by atoms with Gasteiger partial charge in [0.05, 0.1) is 18.7 Å². The second-order valence-electron chi connectivity index (χ2n) is 12.1. The fraction of sp³-hybridized carbons (Fsp3) is 0.343. The standard InChI is InChI=1S/C35H40N5O7PS/c1-35(2,3)47-32(42)18-24(39-34(44)46-20-30-28-10-6-4-8-26(28)27-9-5-7-11-29(27)30)19-38-40-33(43)36-17-16-23-12-14-25(15-13-23)45-21-31(41)37-22-48-49/h4-15,19,24,30H,16-18,20-22H2,1-3H3,(H,37,41)(H,39,44)(H2,36,40,43)/b38-19+. The smallest absolute Gasteiger partial charge is 0.407 e. The molecule has 0 saturated heterocycles. The number of hydrazone groups is 1. The number of nitrogens with one attached hydrogen (secondary N) is 4. The van der Waals surface area contributed by atoms with Gasteiger partial charge in [0.1, 0.15) is 18.0 Å². The summed E-state index contributed by atoms with van der Waals surface area (Å²) in [5.74, 6) is -0.391. The van der Waals surface area contributed by atoms with Crippen LogP contribution in [0.2, 0.25) is 0 Å². The average molecular weight is 706 g/mol. The lowest BCUT2D eigenvalue weighted by Gasteiger charge is -2.21. The Labute approximate surface area is 292 Å². The van der Waals surface area contributed by atoms with Gasteiger partial charge in [0.15, 0.2) is 6.61 Å². The van der Waals surface area contributed by atoms with Crippen LogP contribution in [0.1, 0.15) is 49.8 Å². The number of amides is 4. The van der Waals surface area contributed by atoms with E-state index >= 15 is 0 Å². The topological polar surface area (TPSA) is 156 Å². The normalized spacial score (nSPS) is 12.8. The van der Waals surface area contributed by atoms with Gasteiger partial charge in [-0.15, -0.1) is 0 Å². The molecular weight excluding hydrogens is 665 g/mol. The van der Waals surface area contributed by atoms with Crippen LogP contribution in [0.15, 0.2) is 77.9 Å². The lowest BCUT2D eigenvalue weighted by Crippen LogP contribution is -2.41. The minimum Gasteiger partial charge on any atom is -0.484 e. The Morgan fingerprint density at radius 2 is 1.59 bits per heavy atom. The number of hydrogen-bond donors (Lipinski definition) is 4. The van der Waals surface area contributed by atoms with E-state index in [1.165, 1.54) is 6.21 Å². The van der Waals surface area contributed by atoms with E-state index in [0.717, 1.165) is 27.8 Å². The van der Waals surface area contributed by atoms with Crippen molar-refractivity contribution in [3.63, 3.8) is 0 Å². The lowest BCUT2D eigenvalue weighted by molar-refractivity contribution is -0.154. The maximum atomic E-state index is 12.9. The Hall–Kier alpha value is -4.87. The van der Waals surface area contributed by atoms with Crippen LogP contribution in [-0.2, 0) is 37.3 Å². The van der Waals surface area contributed by atoms with Crippen LogP contribution < -0.4 is 26.1 Å². The van der Waals surface area contributed by atoms with E-state index in [1.807, 2.05) is 48.5 Å². The highest BCUT2D eigenvalue weighted by Gasteiger charge is 2.29. The number of fused-ring (bicyclic) bond motifs is 3. The van der Waals surface area contributed by atoms with Crippen LogP contribution in [-0.4, -0.2) is 67.9 Å². The number of rotatable bonds is 15. The van der Waals surface area contributed by atoms with Gasteiger partial charge in [0.2, 0.25) is 0 Å². The van der Waals surface area contributed by atoms with E-state index in [0.29, 0.717) is 32.4 Å².